The van der Waals surface area contributed by atoms with Crippen LogP contribution in [0.4, 0.5) is 0 Å². The summed E-state index contributed by atoms with van der Waals surface area (Å²) in [5.41, 5.74) is 0. The van der Waals surface area contributed by atoms with Crippen molar-refractivity contribution in [3.8, 4) is 23.0 Å². The molecule has 0 saturated carbocycles. The molecule has 0 aliphatic rings. The van der Waals surface area contributed by atoms with Gasteiger partial charge in [-0.15, -0.1) is 0 Å². The van der Waals surface area contributed by atoms with Gasteiger partial charge in [-0.05, 0) is 213 Å². The molecule has 0 radical (unpaired) electrons. The lowest BCUT2D eigenvalue weighted by Gasteiger charge is -2.05. The summed E-state index contributed by atoms with van der Waals surface area (Å²) in [5.74, 6) is 0.0564. The molecule has 24 heteroatoms. The van der Waals surface area contributed by atoms with Gasteiger partial charge in [-0.2, -0.15) is 33.7 Å². The maximum Gasteiger partial charge on any atom is 0.265 e. The number of halogens is 4. The Morgan fingerprint density at radius 3 is 0.548 bits per heavy atom. The zero-order valence-corrected chi connectivity index (χ0v) is 61.6. The predicted octanol–water partition coefficient (Wildman–Crippen LogP) is 17.6. The second-order valence-corrected chi connectivity index (χ2v) is 30.7. The molecule has 84 heavy (non-hydrogen) atoms. The van der Waals surface area contributed by atoms with E-state index < -0.39 is 63.5 Å². The third-order valence-electron chi connectivity index (χ3n) is 11.5. The third-order valence-corrected chi connectivity index (χ3v) is 17.8. The van der Waals surface area contributed by atoms with Gasteiger partial charge < -0.3 is 18.9 Å². The molecule has 4 N–H and O–H groups in total. The van der Waals surface area contributed by atoms with Crippen molar-refractivity contribution < 1.29 is 70.8 Å². The average Bonchev–Trinajstić information content (AvgIpc) is 3.44. The van der Waals surface area contributed by atoms with E-state index >= 15 is 0 Å². The maximum atomic E-state index is 9.86. The molecule has 0 aliphatic carbocycles. The minimum absolute atomic E-state index is 0.854. The number of hydrogen-bond acceptors (Lipinski definition) is 12. The Morgan fingerprint density at radius 2 is 0.405 bits per heavy atom. The first-order valence-electron chi connectivity index (χ1n) is 29.1. The van der Waals surface area contributed by atoms with Crippen LogP contribution in [0, 0.1) is 14.3 Å². The highest BCUT2D eigenvalue weighted by molar-refractivity contribution is 14.1. The summed E-state index contributed by atoms with van der Waals surface area (Å²) in [6, 6.07) is 33.0. The molecule has 0 unspecified atom stereocenters. The molecule has 0 bridgehead atoms. The van der Waals surface area contributed by atoms with Crippen molar-refractivity contribution >= 4 is 131 Å². The van der Waals surface area contributed by atoms with Gasteiger partial charge in [0, 0.05) is 14.3 Å². The van der Waals surface area contributed by atoms with Crippen molar-refractivity contribution in [1.82, 2.24) is 0 Å². The van der Waals surface area contributed by atoms with E-state index in [9.17, 15) is 33.7 Å². The quantitative estimate of drug-likeness (QED) is 0.0185. The van der Waals surface area contributed by atoms with Gasteiger partial charge in [0.1, 0.15) is 23.0 Å². The van der Waals surface area contributed by atoms with Crippen molar-refractivity contribution in [2.75, 3.05) is 49.4 Å². The van der Waals surface area contributed by atoms with Gasteiger partial charge >= 0.3 is 0 Å². The molecule has 0 spiro atoms. The Kier molecular flexibility index (Phi) is 55.0. The van der Waals surface area contributed by atoms with Gasteiger partial charge in [-0.1, -0.05) is 156 Å². The van der Waals surface area contributed by atoms with Gasteiger partial charge in [0.15, 0.2) is 0 Å². The smallest absolute Gasteiger partial charge is 0.265 e. The Balaban J connectivity index is 0. The van der Waals surface area contributed by atoms with Crippen LogP contribution in [0.5, 0.6) is 23.0 Å². The molecule has 0 atom stereocenters. The van der Waals surface area contributed by atoms with Gasteiger partial charge in [0.25, 0.3) is 40.5 Å². The minimum Gasteiger partial charge on any atom is -0.494 e. The molecule has 4 aromatic rings. The van der Waals surface area contributed by atoms with Crippen molar-refractivity contribution in [3.63, 3.8) is 0 Å². The molecule has 4 aromatic carbocycles. The summed E-state index contributed by atoms with van der Waals surface area (Å²) in [6.45, 7) is 12.4. The third kappa shape index (κ3) is 65.1. The molecular weight excluding hydrogens is 1610 g/mol. The van der Waals surface area contributed by atoms with E-state index in [1.807, 2.05) is 48.5 Å². The number of hydrogen-bond donors (Lipinski definition) is 4. The second-order valence-electron chi connectivity index (χ2n) is 19.4. The van der Waals surface area contributed by atoms with Crippen LogP contribution >= 0.6 is 90.4 Å². The van der Waals surface area contributed by atoms with Crippen LogP contribution in [0.3, 0.4) is 0 Å². The molecule has 4 rings (SSSR count). The molecule has 484 valence electrons. The van der Waals surface area contributed by atoms with E-state index in [1.165, 1.54) is 168 Å². The number of benzene rings is 4. The lowest BCUT2D eigenvalue weighted by molar-refractivity contribution is 0.304. The average molecular weight is 1710 g/mol. The topological polar surface area (TPSA) is 254 Å². The molecular formula is C60H96I4O16S4. The summed E-state index contributed by atoms with van der Waals surface area (Å²) in [6.07, 6.45) is 31.6. The molecule has 0 aromatic heterocycles. The van der Waals surface area contributed by atoms with Crippen LogP contribution in [0.25, 0.3) is 0 Å². The highest BCUT2D eigenvalue weighted by Crippen LogP contribution is 2.18. The van der Waals surface area contributed by atoms with E-state index in [0.29, 0.717) is 0 Å². The van der Waals surface area contributed by atoms with Crippen molar-refractivity contribution in [2.24, 2.45) is 0 Å². The summed E-state index contributed by atoms with van der Waals surface area (Å²) in [4.78, 5) is 0. The first kappa shape index (κ1) is 84.7. The van der Waals surface area contributed by atoms with E-state index in [4.69, 9.17) is 37.2 Å². The van der Waals surface area contributed by atoms with Crippen molar-refractivity contribution in [2.45, 2.75) is 182 Å². The molecule has 0 fully saturated rings. The van der Waals surface area contributed by atoms with Gasteiger partial charge in [-0.3, -0.25) is 18.2 Å². The van der Waals surface area contributed by atoms with Gasteiger partial charge in [-0.25, -0.2) is 0 Å². The fraction of sp³-hybridized carbons (Fsp3) is 0.600. The molecule has 16 nitrogen and oxygen atoms in total. The fourth-order valence-electron chi connectivity index (χ4n) is 6.83. The highest BCUT2D eigenvalue weighted by Gasteiger charge is 2.12. The summed E-state index contributed by atoms with van der Waals surface area (Å²) in [5, 5.41) is 0. The Hall–Kier alpha value is -1.36. The Labute approximate surface area is 561 Å². The molecule has 0 saturated heterocycles. The monoisotopic (exact) mass is 1710 g/mol. The number of rotatable bonds is 38. The highest BCUT2D eigenvalue weighted by atomic mass is 127. The Morgan fingerprint density at radius 1 is 0.262 bits per heavy atom. The van der Waals surface area contributed by atoms with E-state index in [-0.39, 0.29) is 0 Å². The van der Waals surface area contributed by atoms with Crippen molar-refractivity contribution in [3.05, 3.63) is 111 Å². The van der Waals surface area contributed by atoms with Gasteiger partial charge in [0.05, 0.1) is 49.4 Å². The van der Waals surface area contributed by atoms with Crippen LogP contribution in [0.1, 0.15) is 182 Å². The van der Waals surface area contributed by atoms with Crippen LogP contribution in [-0.4, -0.2) is 101 Å². The van der Waals surface area contributed by atoms with Gasteiger partial charge in [0.2, 0.25) is 0 Å². The van der Waals surface area contributed by atoms with E-state index in [1.54, 1.807) is 0 Å². The van der Waals surface area contributed by atoms with Crippen molar-refractivity contribution in [1.29, 1.82) is 0 Å². The van der Waals surface area contributed by atoms with Crippen LogP contribution in [0.2, 0.25) is 0 Å². The summed E-state index contributed by atoms with van der Waals surface area (Å²) in [7, 11) is -17.2. The normalized spacial score (nSPS) is 11.1. The lowest BCUT2D eigenvalue weighted by atomic mass is 10.1. The van der Waals surface area contributed by atoms with E-state index in [0.717, 1.165) is 49.4 Å². The first-order valence-corrected chi connectivity index (χ1v) is 39.8. The zero-order valence-electron chi connectivity index (χ0n) is 49.7. The number of ether oxygens (including phenoxy) is 4. The first-order chi connectivity index (χ1) is 39.7. The maximum absolute atomic E-state index is 9.86. The Bertz CT molecular complexity index is 2250. The zero-order chi connectivity index (χ0) is 63.4. The summed E-state index contributed by atoms with van der Waals surface area (Å²) < 4.78 is 138. The van der Waals surface area contributed by atoms with Crippen LogP contribution in [-0.2, 0) is 40.5 Å². The summed E-state index contributed by atoms with van der Waals surface area (Å²) >= 11 is 9.22. The standard InChI is InChI=1S/4C14H21IO.2C2H6O6S2/c4*1-2-3-4-5-6-7-12-16-14-10-8-13(15)9-11-14;2*3-9(4,5)1-2-10(6,7)8/h4*8-11H,2-7,12H2,1H3;2*1-2H2,(H,3,4,5)(H,6,7,8). The number of unbranched alkanes of at least 4 members (excludes halogenated alkanes) is 20. The molecule has 0 heterocycles. The molecule has 0 amide bonds. The van der Waals surface area contributed by atoms with Crippen LogP contribution in [0.15, 0.2) is 97.1 Å². The molecule has 0 aliphatic heterocycles. The largest absolute Gasteiger partial charge is 0.494 e. The second kappa shape index (κ2) is 54.6. The SMILES string of the molecule is CCCCCCCCOc1ccc(I)cc1.CCCCCCCCOc1ccc(I)cc1.CCCCCCCCOc1ccc(I)cc1.CCCCCCCCOc1ccc(I)cc1.O=S(=O)(O)CCS(=O)(=O)O.O=S(=O)(O)CCS(=O)(=O)O. The lowest BCUT2D eigenvalue weighted by Crippen LogP contribution is -2.15. The minimum atomic E-state index is -4.30. The fourth-order valence-corrected chi connectivity index (χ4v) is 11.6. The van der Waals surface area contributed by atoms with E-state index in [2.05, 4.69) is 167 Å². The predicted molar refractivity (Wildman–Crippen MR) is 378 cm³/mol. The van der Waals surface area contributed by atoms with Crippen LogP contribution < -0.4 is 18.9 Å².